The highest BCUT2D eigenvalue weighted by molar-refractivity contribution is 6.01. The van der Waals surface area contributed by atoms with E-state index in [4.69, 9.17) is 0 Å². The molecule has 0 fully saturated rings. The predicted molar refractivity (Wildman–Crippen MR) is 90.9 cm³/mol. The van der Waals surface area contributed by atoms with Crippen molar-refractivity contribution in [2.45, 2.75) is 0 Å². The van der Waals surface area contributed by atoms with Gasteiger partial charge in [-0.25, -0.2) is 10.2 Å². The van der Waals surface area contributed by atoms with Crippen molar-refractivity contribution in [3.8, 4) is 0 Å². The Labute approximate surface area is 129 Å². The van der Waals surface area contributed by atoms with Gasteiger partial charge >= 0.3 is 6.03 Å². The molecule has 2 amide bonds. The second-order valence-corrected chi connectivity index (χ2v) is 4.99. The highest BCUT2D eigenvalue weighted by Gasteiger charge is 2.07. The summed E-state index contributed by atoms with van der Waals surface area (Å²) in [4.78, 5) is 12.2. The maximum absolute atomic E-state index is 12.2. The first-order valence-electron chi connectivity index (χ1n) is 7.08. The van der Waals surface area contributed by atoms with Crippen LogP contribution in [0, 0.1) is 0 Å². The number of nitrogens with one attached hydrogen (secondary N) is 2. The number of hydrogen-bond donors (Lipinski definition) is 2. The Balaban J connectivity index is 1.74. The number of carbonyl (C=O) groups is 1. The third-order valence-corrected chi connectivity index (χ3v) is 3.45. The fraction of sp³-hybridized carbons (Fsp3) is 0.0556. The van der Waals surface area contributed by atoms with Gasteiger partial charge in [0.05, 0.1) is 11.4 Å². The van der Waals surface area contributed by atoms with Crippen LogP contribution in [0.4, 0.5) is 16.2 Å². The molecule has 0 bridgehead atoms. The molecule has 0 aliphatic rings. The highest BCUT2D eigenvalue weighted by atomic mass is 16.2. The zero-order chi connectivity index (χ0) is 15.4. The molecule has 0 heterocycles. The van der Waals surface area contributed by atoms with E-state index in [0.717, 1.165) is 22.1 Å². The maximum atomic E-state index is 12.2. The second-order valence-electron chi connectivity index (χ2n) is 4.99. The smallest absolute Gasteiger partial charge is 0.306 e. The molecule has 3 aromatic rings. The van der Waals surface area contributed by atoms with Gasteiger partial charge in [0, 0.05) is 12.4 Å². The predicted octanol–water partition coefficient (Wildman–Crippen LogP) is 4.01. The number of hydrogen-bond acceptors (Lipinski definition) is 2. The molecule has 0 aliphatic carbocycles. The van der Waals surface area contributed by atoms with E-state index in [1.165, 1.54) is 0 Å². The number of para-hydroxylation sites is 1. The lowest BCUT2D eigenvalue weighted by atomic mass is 10.1. The molecule has 22 heavy (non-hydrogen) atoms. The van der Waals surface area contributed by atoms with Crippen molar-refractivity contribution in [3.05, 3.63) is 72.8 Å². The maximum Gasteiger partial charge on any atom is 0.338 e. The average Bonchev–Trinajstić information content (AvgIpc) is 2.56. The monoisotopic (exact) mass is 291 g/mol. The third kappa shape index (κ3) is 3.01. The fourth-order valence-electron chi connectivity index (χ4n) is 2.35. The standard InChI is InChI=1S/C18H17N3O/c1-21(15-10-3-2-4-11-15)20-18(22)19-17-13-7-9-14-8-5-6-12-16(14)17/h2-13H,1H3,(H2,19,20,22). The van der Waals surface area contributed by atoms with Gasteiger partial charge in [-0.15, -0.1) is 0 Å². The van der Waals surface area contributed by atoms with Gasteiger partial charge < -0.3 is 5.32 Å². The number of urea groups is 1. The van der Waals surface area contributed by atoms with E-state index in [9.17, 15) is 4.79 Å². The fourth-order valence-corrected chi connectivity index (χ4v) is 2.35. The molecular weight excluding hydrogens is 274 g/mol. The average molecular weight is 291 g/mol. The molecule has 0 saturated heterocycles. The molecule has 4 heteroatoms. The molecule has 0 saturated carbocycles. The van der Waals surface area contributed by atoms with Crippen LogP contribution in [0.25, 0.3) is 10.8 Å². The van der Waals surface area contributed by atoms with E-state index in [2.05, 4.69) is 10.7 Å². The number of carbonyl (C=O) groups excluding carboxylic acids is 1. The summed E-state index contributed by atoms with van der Waals surface area (Å²) in [7, 11) is 1.80. The lowest BCUT2D eigenvalue weighted by Crippen LogP contribution is -2.42. The molecule has 0 spiro atoms. The van der Waals surface area contributed by atoms with Crippen LogP contribution >= 0.6 is 0 Å². The summed E-state index contributed by atoms with van der Waals surface area (Å²) in [5.74, 6) is 0. The molecule has 0 unspecified atom stereocenters. The largest absolute Gasteiger partial charge is 0.338 e. The summed E-state index contributed by atoms with van der Waals surface area (Å²) in [6.45, 7) is 0. The molecule has 3 aromatic carbocycles. The van der Waals surface area contributed by atoms with Gasteiger partial charge in [-0.05, 0) is 23.6 Å². The Kier molecular flexibility index (Phi) is 3.92. The van der Waals surface area contributed by atoms with Crippen LogP contribution in [0.2, 0.25) is 0 Å². The van der Waals surface area contributed by atoms with Crippen LogP contribution in [-0.4, -0.2) is 13.1 Å². The van der Waals surface area contributed by atoms with E-state index in [1.54, 1.807) is 12.1 Å². The lowest BCUT2D eigenvalue weighted by molar-refractivity contribution is 0.252. The number of nitrogens with zero attached hydrogens (tertiary/aromatic N) is 1. The van der Waals surface area contributed by atoms with Crippen molar-refractivity contribution in [2.75, 3.05) is 17.4 Å². The summed E-state index contributed by atoms with van der Waals surface area (Å²) < 4.78 is 0. The van der Waals surface area contributed by atoms with E-state index in [1.807, 2.05) is 72.8 Å². The molecule has 0 aliphatic heterocycles. The number of rotatable bonds is 3. The minimum absolute atomic E-state index is 0.275. The molecular formula is C18H17N3O. The first kappa shape index (κ1) is 13.9. The summed E-state index contributed by atoms with van der Waals surface area (Å²) in [5, 5.41) is 6.69. The van der Waals surface area contributed by atoms with Crippen molar-refractivity contribution in [2.24, 2.45) is 0 Å². The van der Waals surface area contributed by atoms with Gasteiger partial charge in [-0.1, -0.05) is 54.6 Å². The van der Waals surface area contributed by atoms with Gasteiger partial charge in [0.2, 0.25) is 0 Å². The van der Waals surface area contributed by atoms with Crippen LogP contribution in [0.5, 0.6) is 0 Å². The van der Waals surface area contributed by atoms with Gasteiger partial charge in [-0.2, -0.15) is 0 Å². The topological polar surface area (TPSA) is 44.4 Å². The van der Waals surface area contributed by atoms with E-state index < -0.39 is 0 Å². The summed E-state index contributed by atoms with van der Waals surface area (Å²) in [5.41, 5.74) is 4.49. The van der Waals surface area contributed by atoms with Gasteiger partial charge in [0.15, 0.2) is 0 Å². The minimum Gasteiger partial charge on any atom is -0.306 e. The summed E-state index contributed by atoms with van der Waals surface area (Å²) in [6.07, 6.45) is 0. The molecule has 4 nitrogen and oxygen atoms in total. The first-order valence-corrected chi connectivity index (χ1v) is 7.08. The normalized spacial score (nSPS) is 10.2. The first-order chi connectivity index (χ1) is 10.7. The van der Waals surface area contributed by atoms with Crippen LogP contribution in [0.3, 0.4) is 0 Å². The minimum atomic E-state index is -0.275. The number of benzene rings is 3. The molecule has 0 aromatic heterocycles. The van der Waals surface area contributed by atoms with Crippen LogP contribution in [0.1, 0.15) is 0 Å². The SMILES string of the molecule is CN(NC(=O)Nc1cccc2ccccc12)c1ccccc1. The zero-order valence-electron chi connectivity index (χ0n) is 12.3. The summed E-state index contributed by atoms with van der Waals surface area (Å²) in [6, 6.07) is 23.2. The Morgan fingerprint density at radius 2 is 1.55 bits per heavy atom. The Bertz CT molecular complexity index is 781. The van der Waals surface area contributed by atoms with Crippen molar-refractivity contribution in [3.63, 3.8) is 0 Å². The quantitative estimate of drug-likeness (QED) is 0.716. The Morgan fingerprint density at radius 1 is 0.864 bits per heavy atom. The lowest BCUT2D eigenvalue weighted by Gasteiger charge is -2.20. The van der Waals surface area contributed by atoms with E-state index >= 15 is 0 Å². The molecule has 3 rings (SSSR count). The van der Waals surface area contributed by atoms with Gasteiger partial charge in [0.1, 0.15) is 0 Å². The number of anilines is 2. The molecule has 0 atom stereocenters. The van der Waals surface area contributed by atoms with Gasteiger partial charge in [0.25, 0.3) is 0 Å². The van der Waals surface area contributed by atoms with Crippen LogP contribution < -0.4 is 15.8 Å². The van der Waals surface area contributed by atoms with Crippen molar-refractivity contribution in [1.29, 1.82) is 0 Å². The van der Waals surface area contributed by atoms with Gasteiger partial charge in [-0.3, -0.25) is 5.01 Å². The molecule has 0 radical (unpaired) electrons. The zero-order valence-corrected chi connectivity index (χ0v) is 12.3. The Hall–Kier alpha value is -3.01. The van der Waals surface area contributed by atoms with Crippen LogP contribution in [0.15, 0.2) is 72.8 Å². The second kappa shape index (κ2) is 6.18. The van der Waals surface area contributed by atoms with E-state index in [0.29, 0.717) is 0 Å². The van der Waals surface area contributed by atoms with Crippen LogP contribution in [-0.2, 0) is 0 Å². The third-order valence-electron chi connectivity index (χ3n) is 3.45. The molecule has 2 N–H and O–H groups in total. The number of hydrazine groups is 1. The number of fused-ring (bicyclic) bond motifs is 1. The van der Waals surface area contributed by atoms with Crippen molar-refractivity contribution >= 4 is 28.2 Å². The Morgan fingerprint density at radius 3 is 2.36 bits per heavy atom. The van der Waals surface area contributed by atoms with E-state index in [-0.39, 0.29) is 6.03 Å². The number of amides is 2. The molecule has 110 valence electrons. The van der Waals surface area contributed by atoms with Crippen molar-refractivity contribution < 1.29 is 4.79 Å². The van der Waals surface area contributed by atoms with Crippen molar-refractivity contribution in [1.82, 2.24) is 5.43 Å². The summed E-state index contributed by atoms with van der Waals surface area (Å²) >= 11 is 0. The highest BCUT2D eigenvalue weighted by Crippen LogP contribution is 2.22.